The molecule has 3 aliphatic rings. The zero-order valence-electron chi connectivity index (χ0n) is 26.5. The molecule has 5 rings (SSSR count). The molecule has 2 aromatic rings. The minimum atomic E-state index is -0.542. The van der Waals surface area contributed by atoms with E-state index in [1.807, 2.05) is 50.5 Å². The molecule has 0 aromatic carbocycles. The van der Waals surface area contributed by atoms with E-state index in [2.05, 4.69) is 32.6 Å². The smallest absolute Gasteiger partial charge is 0.407 e. The summed E-state index contributed by atoms with van der Waals surface area (Å²) in [5.41, 5.74) is 1.11. The molecule has 5 heterocycles. The average molecular weight is 606 g/mol. The highest BCUT2D eigenvalue weighted by Crippen LogP contribution is 2.37. The van der Waals surface area contributed by atoms with E-state index < -0.39 is 11.7 Å². The van der Waals surface area contributed by atoms with Crippen LogP contribution in [0.3, 0.4) is 0 Å². The largest absolute Gasteiger partial charge is 0.444 e. The van der Waals surface area contributed by atoms with Gasteiger partial charge in [-0.3, -0.25) is 9.69 Å². The topological polar surface area (TPSA) is 139 Å². The highest BCUT2D eigenvalue weighted by molar-refractivity contribution is 6.36. The fourth-order valence-corrected chi connectivity index (χ4v) is 5.97. The molecule has 2 atom stereocenters. The van der Waals surface area contributed by atoms with Crippen LogP contribution >= 0.6 is 0 Å². The van der Waals surface area contributed by atoms with Gasteiger partial charge in [0.05, 0.1) is 25.7 Å². The van der Waals surface area contributed by atoms with E-state index in [9.17, 15) is 9.59 Å². The van der Waals surface area contributed by atoms with Crippen molar-refractivity contribution in [3.63, 3.8) is 0 Å². The van der Waals surface area contributed by atoms with E-state index in [1.165, 1.54) is 0 Å². The number of anilines is 1. The molecule has 2 amide bonds. The lowest BCUT2D eigenvalue weighted by Crippen LogP contribution is -2.42. The first-order chi connectivity index (χ1) is 21.2. The van der Waals surface area contributed by atoms with Gasteiger partial charge < -0.3 is 29.6 Å². The molecule has 2 saturated heterocycles. The highest BCUT2D eigenvalue weighted by Gasteiger charge is 2.44. The normalized spacial score (nSPS) is 20.1. The molecule has 0 radical (unpaired) electrons. The van der Waals surface area contributed by atoms with Crippen LogP contribution in [0.5, 0.6) is 0 Å². The van der Waals surface area contributed by atoms with E-state index >= 15 is 0 Å². The van der Waals surface area contributed by atoms with Crippen LogP contribution in [0.1, 0.15) is 47.0 Å². The Hall–Kier alpha value is -3.94. The molecule has 2 unspecified atom stereocenters. The minimum absolute atomic E-state index is 0.0324. The Bertz CT molecular complexity index is 1400. The molecule has 2 aromatic heterocycles. The van der Waals surface area contributed by atoms with Gasteiger partial charge >= 0.3 is 6.09 Å². The Morgan fingerprint density at radius 1 is 1.20 bits per heavy atom. The fraction of sp³-hybridized carbons (Fsp3) is 0.600. The number of ether oxygens (including phenoxy) is 2. The first kappa shape index (κ1) is 31.5. The zero-order chi connectivity index (χ0) is 31.3. The number of hydrogen-bond acceptors (Lipinski definition) is 10. The number of aromatic nitrogens is 4. The van der Waals surface area contributed by atoms with Gasteiger partial charge in [0, 0.05) is 44.1 Å². The van der Waals surface area contributed by atoms with Crippen LogP contribution < -0.4 is 15.5 Å². The third kappa shape index (κ3) is 7.23. The molecule has 14 heteroatoms. The number of fused-ring (bicyclic) bond motifs is 1. The lowest BCUT2D eigenvalue weighted by Gasteiger charge is -2.31. The number of nitrogens with zero attached hydrogens (tertiary/aromatic N) is 7. The van der Waals surface area contributed by atoms with Gasteiger partial charge in [0.25, 0.3) is 0 Å². The van der Waals surface area contributed by atoms with Crippen LogP contribution in [-0.2, 0) is 20.8 Å². The number of nitrogens with one attached hydrogen (secondary N) is 2. The van der Waals surface area contributed by atoms with Gasteiger partial charge in [0.2, 0.25) is 5.91 Å². The van der Waals surface area contributed by atoms with Gasteiger partial charge in [0.15, 0.2) is 5.82 Å². The van der Waals surface area contributed by atoms with E-state index in [4.69, 9.17) is 19.5 Å². The number of amidine groups is 1. The molecule has 3 aliphatic heterocycles. The van der Waals surface area contributed by atoms with Crippen molar-refractivity contribution < 1.29 is 19.1 Å². The maximum absolute atomic E-state index is 14.0. The van der Waals surface area contributed by atoms with E-state index in [-0.39, 0.29) is 11.8 Å². The number of carbonyl (C=O) groups excluding carboxylic acids is 2. The summed E-state index contributed by atoms with van der Waals surface area (Å²) in [5.74, 6) is 3.16. The van der Waals surface area contributed by atoms with Crippen molar-refractivity contribution in [2.24, 2.45) is 10.9 Å². The Kier molecular flexibility index (Phi) is 9.87. The van der Waals surface area contributed by atoms with Crippen molar-refractivity contribution in [2.75, 3.05) is 44.3 Å². The Morgan fingerprint density at radius 3 is 2.80 bits per heavy atom. The third-order valence-corrected chi connectivity index (χ3v) is 8.07. The third-order valence-electron chi connectivity index (χ3n) is 8.07. The average Bonchev–Trinajstić information content (AvgIpc) is 3.74. The predicted molar refractivity (Wildman–Crippen MR) is 170 cm³/mol. The van der Waals surface area contributed by atoms with Crippen molar-refractivity contribution in [1.29, 1.82) is 0 Å². The van der Waals surface area contributed by atoms with Gasteiger partial charge in [-0.1, -0.05) is 12.9 Å². The second-order valence-corrected chi connectivity index (χ2v) is 12.3. The number of pyridine rings is 1. The van der Waals surface area contributed by atoms with Crippen molar-refractivity contribution in [2.45, 2.75) is 71.9 Å². The molecule has 236 valence electrons. The summed E-state index contributed by atoms with van der Waals surface area (Å²) in [6.07, 6.45) is 4.08. The predicted octanol–water partition coefficient (Wildman–Crippen LogP) is 2.37. The Balaban J connectivity index is 1.28. The summed E-state index contributed by atoms with van der Waals surface area (Å²) in [4.78, 5) is 39.9. The van der Waals surface area contributed by atoms with Crippen LogP contribution in [0, 0.1) is 5.92 Å². The molecule has 13 nitrogen and oxygen atoms in total. The summed E-state index contributed by atoms with van der Waals surface area (Å²) in [7, 11) is 1.05. The Morgan fingerprint density at radius 2 is 2.02 bits per heavy atom. The maximum Gasteiger partial charge on any atom is 0.407 e. The number of carbonyl (C=O) groups is 2. The summed E-state index contributed by atoms with van der Waals surface area (Å²) in [6, 6.07) is 5.66. The monoisotopic (exact) mass is 605 g/mol. The molecular weight excluding hydrogens is 561 g/mol. The fourth-order valence-electron chi connectivity index (χ4n) is 5.97. The summed E-state index contributed by atoms with van der Waals surface area (Å²) in [6.45, 7) is 13.5. The highest BCUT2D eigenvalue weighted by atomic mass is 16.6. The molecule has 0 saturated carbocycles. The lowest BCUT2D eigenvalue weighted by atomic mass is 9.71. The number of alkyl carbamates (subject to hydrolysis) is 1. The maximum atomic E-state index is 14.0. The van der Waals surface area contributed by atoms with Gasteiger partial charge in [-0.05, 0) is 52.7 Å². The van der Waals surface area contributed by atoms with Gasteiger partial charge in [0.1, 0.15) is 42.4 Å². The molecule has 44 heavy (non-hydrogen) atoms. The molecular formula is C30H44BN9O4. The van der Waals surface area contributed by atoms with Crippen molar-refractivity contribution in [3.8, 4) is 11.5 Å². The van der Waals surface area contributed by atoms with Crippen LogP contribution in [0.4, 0.5) is 10.6 Å². The number of rotatable bonds is 11. The first-order valence-electron chi connectivity index (χ1n) is 15.7. The zero-order valence-corrected chi connectivity index (χ0v) is 26.5. The lowest BCUT2D eigenvalue weighted by molar-refractivity contribution is -0.119. The van der Waals surface area contributed by atoms with E-state index in [0.717, 1.165) is 50.4 Å². The number of hydrogen-bond donors (Lipinski definition) is 2. The summed E-state index contributed by atoms with van der Waals surface area (Å²) in [5, 5.41) is 14.4. The first-order valence-corrected chi connectivity index (χ1v) is 15.7. The second kappa shape index (κ2) is 13.8. The minimum Gasteiger partial charge on any atom is -0.444 e. The van der Waals surface area contributed by atoms with Gasteiger partial charge in [-0.15, -0.1) is 10.2 Å². The SMILES string of the molecule is CBC1CCCN1C1=NC(NCCOCCNC(=O)OC(C)(C)C)=C2CN(c3cccc(-c4nncn4CC)n3)C(=O)C2C1. The van der Waals surface area contributed by atoms with E-state index in [1.54, 1.807) is 11.2 Å². The van der Waals surface area contributed by atoms with Crippen LogP contribution in [-0.4, -0.2) is 101 Å². The van der Waals surface area contributed by atoms with E-state index in [0.29, 0.717) is 62.5 Å². The van der Waals surface area contributed by atoms with Crippen LogP contribution in [0.15, 0.2) is 40.9 Å². The van der Waals surface area contributed by atoms with Gasteiger partial charge in [-0.2, -0.15) is 0 Å². The second-order valence-electron chi connectivity index (χ2n) is 12.3. The number of aliphatic imine (C=N–C) groups is 1. The summed E-state index contributed by atoms with van der Waals surface area (Å²) >= 11 is 0. The number of aryl methyl sites for hydroxylation is 1. The summed E-state index contributed by atoms with van der Waals surface area (Å²) < 4.78 is 12.9. The number of amides is 2. The van der Waals surface area contributed by atoms with Crippen molar-refractivity contribution in [3.05, 3.63) is 35.9 Å². The number of likely N-dealkylation sites (tertiary alicyclic amines) is 1. The van der Waals surface area contributed by atoms with Crippen molar-refractivity contribution >= 4 is 30.9 Å². The molecule has 0 bridgehead atoms. The molecule has 0 spiro atoms. The van der Waals surface area contributed by atoms with Crippen LogP contribution in [0.25, 0.3) is 11.5 Å². The standard InChI is InChI=1S/C30H44BN9O4/c1-6-38-19-34-37-27(38)22-9-7-11-24(35-22)40-18-21-20(28(40)41)17-25(39-14-8-10-23(39)31-5)36-26(21)32-12-15-43-16-13-33-29(42)44-30(2,3)4/h7,9,11,19-20,23,31-32H,6,8,10,12-18H2,1-5H3,(H,33,42). The molecule has 0 aliphatic carbocycles. The Labute approximate surface area is 259 Å². The molecule has 2 N–H and O–H groups in total. The quantitative estimate of drug-likeness (QED) is 0.292. The van der Waals surface area contributed by atoms with Crippen molar-refractivity contribution in [1.82, 2.24) is 35.3 Å². The molecule has 2 fully saturated rings. The van der Waals surface area contributed by atoms with Crippen LogP contribution in [0.2, 0.25) is 6.82 Å². The van der Waals surface area contributed by atoms with Gasteiger partial charge in [-0.25, -0.2) is 14.8 Å².